The van der Waals surface area contributed by atoms with E-state index in [4.69, 9.17) is 4.42 Å². The molecule has 0 radical (unpaired) electrons. The van der Waals surface area contributed by atoms with E-state index in [2.05, 4.69) is 19.1 Å². The average Bonchev–Trinajstić information content (AvgIpc) is 2.68. The predicted molar refractivity (Wildman–Crippen MR) is 107 cm³/mol. The van der Waals surface area contributed by atoms with Gasteiger partial charge in [0.1, 0.15) is 5.58 Å². The third-order valence-corrected chi connectivity index (χ3v) is 4.81. The van der Waals surface area contributed by atoms with Gasteiger partial charge in [0.25, 0.3) is 0 Å². The van der Waals surface area contributed by atoms with Gasteiger partial charge in [-0.15, -0.1) is 0 Å². The summed E-state index contributed by atoms with van der Waals surface area (Å²) in [5, 5.41) is 10.7. The summed E-state index contributed by atoms with van der Waals surface area (Å²) >= 11 is 0. The number of aryl methyl sites for hydroxylation is 1. The number of fused-ring (bicyclic) bond motifs is 1. The van der Waals surface area contributed by atoms with Gasteiger partial charge in [0.05, 0.1) is 5.39 Å². The fourth-order valence-electron chi connectivity index (χ4n) is 3.26. The smallest absolute Gasteiger partial charge is 0.235 e. The maximum Gasteiger partial charge on any atom is 0.235 e. The van der Waals surface area contributed by atoms with Gasteiger partial charge in [0.15, 0.2) is 5.76 Å². The van der Waals surface area contributed by atoms with Crippen LogP contribution in [-0.2, 0) is 6.42 Å². The van der Waals surface area contributed by atoms with E-state index in [-0.39, 0.29) is 11.5 Å². The molecule has 26 heavy (non-hydrogen) atoms. The molecule has 0 aliphatic carbocycles. The molecule has 3 aromatic rings. The van der Waals surface area contributed by atoms with Crippen LogP contribution in [0.3, 0.4) is 0 Å². The molecule has 3 nitrogen and oxygen atoms in total. The van der Waals surface area contributed by atoms with Crippen molar-refractivity contribution in [3.8, 4) is 17.1 Å². The van der Waals surface area contributed by atoms with Gasteiger partial charge in [-0.1, -0.05) is 75.4 Å². The van der Waals surface area contributed by atoms with Crippen molar-refractivity contribution in [2.45, 2.75) is 51.9 Å². The molecule has 3 heteroatoms. The number of para-hydroxylation sites is 1. The second-order valence-electron chi connectivity index (χ2n) is 6.82. The zero-order valence-electron chi connectivity index (χ0n) is 15.3. The number of hydrogen-bond donors (Lipinski definition) is 1. The van der Waals surface area contributed by atoms with Crippen LogP contribution in [0.5, 0.6) is 5.75 Å². The van der Waals surface area contributed by atoms with Crippen LogP contribution in [-0.4, -0.2) is 5.11 Å². The lowest BCUT2D eigenvalue weighted by Crippen LogP contribution is -2.02. The SMILES string of the molecule is CCCCCCCCc1ccc(-c2oc3ccccc3c(=O)c2O)cc1. The Balaban J connectivity index is 1.72. The summed E-state index contributed by atoms with van der Waals surface area (Å²) in [5.41, 5.74) is 2.09. The molecule has 0 bridgehead atoms. The van der Waals surface area contributed by atoms with Crippen LogP contribution in [0.15, 0.2) is 57.7 Å². The first-order valence-electron chi connectivity index (χ1n) is 9.55. The third kappa shape index (κ3) is 4.16. The molecule has 0 aliphatic heterocycles. The fourth-order valence-corrected chi connectivity index (χ4v) is 3.26. The molecule has 2 aromatic carbocycles. The molecule has 1 heterocycles. The maximum absolute atomic E-state index is 12.3. The Morgan fingerprint density at radius 3 is 2.35 bits per heavy atom. The summed E-state index contributed by atoms with van der Waals surface area (Å²) in [7, 11) is 0. The van der Waals surface area contributed by atoms with Gasteiger partial charge >= 0.3 is 0 Å². The van der Waals surface area contributed by atoms with Gasteiger partial charge in [-0.2, -0.15) is 0 Å². The van der Waals surface area contributed by atoms with E-state index in [0.717, 1.165) is 12.0 Å². The van der Waals surface area contributed by atoms with Crippen molar-refractivity contribution in [2.75, 3.05) is 0 Å². The quantitative estimate of drug-likeness (QED) is 0.502. The van der Waals surface area contributed by atoms with E-state index in [1.165, 1.54) is 44.1 Å². The second-order valence-corrected chi connectivity index (χ2v) is 6.82. The Kier molecular flexibility index (Phi) is 6.11. The molecule has 1 aromatic heterocycles. The third-order valence-electron chi connectivity index (χ3n) is 4.81. The van der Waals surface area contributed by atoms with Crippen LogP contribution >= 0.6 is 0 Å². The normalized spacial score (nSPS) is 11.1. The largest absolute Gasteiger partial charge is 0.502 e. The van der Waals surface area contributed by atoms with Crippen LogP contribution in [0.4, 0.5) is 0 Å². The van der Waals surface area contributed by atoms with Crippen molar-refractivity contribution in [1.29, 1.82) is 0 Å². The Morgan fingerprint density at radius 2 is 1.58 bits per heavy atom. The maximum atomic E-state index is 12.3. The molecule has 0 saturated carbocycles. The summed E-state index contributed by atoms with van der Waals surface area (Å²) < 4.78 is 5.79. The van der Waals surface area contributed by atoms with Crippen LogP contribution in [0.1, 0.15) is 51.0 Å². The summed E-state index contributed by atoms with van der Waals surface area (Å²) in [6.07, 6.45) is 8.76. The minimum Gasteiger partial charge on any atom is -0.502 e. The van der Waals surface area contributed by atoms with E-state index in [9.17, 15) is 9.90 Å². The molecular formula is C23H26O3. The number of hydrogen-bond acceptors (Lipinski definition) is 3. The fraction of sp³-hybridized carbons (Fsp3) is 0.348. The van der Waals surface area contributed by atoms with Crippen LogP contribution in [0.2, 0.25) is 0 Å². The van der Waals surface area contributed by atoms with Crippen LogP contribution < -0.4 is 5.43 Å². The molecule has 0 saturated heterocycles. The lowest BCUT2D eigenvalue weighted by molar-refractivity contribution is 0.449. The topological polar surface area (TPSA) is 50.4 Å². The molecule has 1 N–H and O–H groups in total. The number of aromatic hydroxyl groups is 1. The lowest BCUT2D eigenvalue weighted by Gasteiger charge is -2.07. The first-order chi connectivity index (χ1) is 12.7. The number of benzene rings is 2. The Bertz CT molecular complexity index is 907. The molecule has 0 spiro atoms. The summed E-state index contributed by atoms with van der Waals surface area (Å²) in [5.74, 6) is -0.0906. The van der Waals surface area contributed by atoms with Crippen LogP contribution in [0, 0.1) is 0 Å². The van der Waals surface area contributed by atoms with Crippen molar-refractivity contribution in [1.82, 2.24) is 0 Å². The standard InChI is InChI=1S/C23H26O3/c1-2-3-4-5-6-7-10-17-13-15-18(16-14-17)23-22(25)21(24)19-11-8-9-12-20(19)26-23/h8-9,11-16,25H,2-7,10H2,1H3. The van der Waals surface area contributed by atoms with E-state index < -0.39 is 5.43 Å². The summed E-state index contributed by atoms with van der Waals surface area (Å²) in [4.78, 5) is 12.3. The highest BCUT2D eigenvalue weighted by molar-refractivity contribution is 5.81. The van der Waals surface area contributed by atoms with E-state index >= 15 is 0 Å². The molecule has 0 fully saturated rings. The minimum absolute atomic E-state index is 0.236. The number of unbranched alkanes of at least 4 members (excludes halogenated alkanes) is 5. The first kappa shape index (κ1) is 18.2. The van der Waals surface area contributed by atoms with Gasteiger partial charge in [-0.3, -0.25) is 4.79 Å². The highest BCUT2D eigenvalue weighted by Gasteiger charge is 2.14. The highest BCUT2D eigenvalue weighted by atomic mass is 16.4. The van der Waals surface area contributed by atoms with E-state index in [1.807, 2.05) is 18.2 Å². The molecule has 136 valence electrons. The van der Waals surface area contributed by atoms with Gasteiger partial charge in [0, 0.05) is 5.56 Å². The Morgan fingerprint density at radius 1 is 0.885 bits per heavy atom. The Hall–Kier alpha value is -2.55. The van der Waals surface area contributed by atoms with E-state index in [1.54, 1.807) is 18.2 Å². The van der Waals surface area contributed by atoms with E-state index in [0.29, 0.717) is 11.0 Å². The van der Waals surface area contributed by atoms with Crippen molar-refractivity contribution >= 4 is 11.0 Å². The van der Waals surface area contributed by atoms with Crippen molar-refractivity contribution < 1.29 is 9.52 Å². The zero-order valence-corrected chi connectivity index (χ0v) is 15.3. The van der Waals surface area contributed by atoms with Gasteiger partial charge in [-0.05, 0) is 30.5 Å². The second kappa shape index (κ2) is 8.70. The lowest BCUT2D eigenvalue weighted by atomic mass is 10.0. The summed E-state index contributed by atoms with van der Waals surface area (Å²) in [6.45, 7) is 2.23. The van der Waals surface area contributed by atoms with Gasteiger partial charge < -0.3 is 9.52 Å². The van der Waals surface area contributed by atoms with Crippen molar-refractivity contribution in [3.63, 3.8) is 0 Å². The molecule has 0 atom stereocenters. The zero-order chi connectivity index (χ0) is 18.4. The average molecular weight is 350 g/mol. The summed E-state index contributed by atoms with van der Waals surface area (Å²) in [6, 6.07) is 14.9. The predicted octanol–water partition coefficient (Wildman–Crippen LogP) is 6.07. The van der Waals surface area contributed by atoms with Crippen molar-refractivity contribution in [2.24, 2.45) is 0 Å². The molecule has 0 unspecified atom stereocenters. The molecule has 3 rings (SSSR count). The molecule has 0 aliphatic rings. The Labute approximate surface area is 154 Å². The molecule has 0 amide bonds. The highest BCUT2D eigenvalue weighted by Crippen LogP contribution is 2.30. The molecular weight excluding hydrogens is 324 g/mol. The van der Waals surface area contributed by atoms with Gasteiger partial charge in [0.2, 0.25) is 11.2 Å². The number of rotatable bonds is 8. The van der Waals surface area contributed by atoms with Crippen LogP contribution in [0.25, 0.3) is 22.3 Å². The van der Waals surface area contributed by atoms with Gasteiger partial charge in [-0.25, -0.2) is 0 Å². The monoisotopic (exact) mass is 350 g/mol. The minimum atomic E-state index is -0.391. The van der Waals surface area contributed by atoms with Crippen molar-refractivity contribution in [3.05, 3.63) is 64.3 Å². The first-order valence-corrected chi connectivity index (χ1v) is 9.55.